The number of thioether (sulfide) groups is 1. The molecule has 2 amide bonds. The third-order valence-corrected chi connectivity index (χ3v) is 7.36. The summed E-state index contributed by atoms with van der Waals surface area (Å²) < 4.78 is 8.05. The van der Waals surface area contributed by atoms with Crippen LogP contribution >= 0.6 is 11.8 Å². The Morgan fingerprint density at radius 3 is 2.71 bits per heavy atom. The monoisotopic (exact) mass is 476 g/mol. The van der Waals surface area contributed by atoms with E-state index < -0.39 is 5.54 Å². The summed E-state index contributed by atoms with van der Waals surface area (Å²) in [4.78, 5) is 32.5. The molecule has 1 aromatic heterocycles. The molecule has 3 heterocycles. The van der Waals surface area contributed by atoms with Gasteiger partial charge in [0.15, 0.2) is 5.16 Å². The van der Waals surface area contributed by atoms with Gasteiger partial charge in [-0.05, 0) is 44.4 Å². The summed E-state index contributed by atoms with van der Waals surface area (Å²) >= 11 is 1.40. The second-order valence-corrected chi connectivity index (χ2v) is 10.0. The topological polar surface area (TPSA) is 76.5 Å². The standard InChI is InChI=1S/C26H28N4O3S/c1-26(2)24(32)28-20-12-6-7-13-21(20)30(26)23(31)17-34-25-27-15-22(18-9-4-3-5-10-18)29(25)16-19-11-8-14-33-19/h3-7,9-10,12-13,15,19H,8,11,14,16-17H2,1-2H3,(H,28,32). The van der Waals surface area contributed by atoms with Crippen molar-refractivity contribution in [3.8, 4) is 11.3 Å². The molecule has 2 aromatic carbocycles. The summed E-state index contributed by atoms with van der Waals surface area (Å²) in [6.45, 7) is 5.02. The van der Waals surface area contributed by atoms with Crippen molar-refractivity contribution in [2.45, 2.75) is 50.0 Å². The Hall–Kier alpha value is -3.10. The van der Waals surface area contributed by atoms with Crippen molar-refractivity contribution in [2.75, 3.05) is 22.6 Å². The highest BCUT2D eigenvalue weighted by molar-refractivity contribution is 7.99. The molecule has 34 heavy (non-hydrogen) atoms. The van der Waals surface area contributed by atoms with E-state index in [1.54, 1.807) is 18.7 Å². The summed E-state index contributed by atoms with van der Waals surface area (Å²) in [5, 5.41) is 3.68. The zero-order chi connectivity index (χ0) is 23.7. The lowest BCUT2D eigenvalue weighted by molar-refractivity contribution is -0.125. The molecule has 8 heteroatoms. The first-order chi connectivity index (χ1) is 16.4. The molecule has 7 nitrogen and oxygen atoms in total. The lowest BCUT2D eigenvalue weighted by Crippen LogP contribution is -2.59. The number of ether oxygens (including phenoxy) is 1. The molecule has 176 valence electrons. The van der Waals surface area contributed by atoms with Gasteiger partial charge in [-0.25, -0.2) is 4.98 Å². The number of benzene rings is 2. The lowest BCUT2D eigenvalue weighted by Gasteiger charge is -2.42. The van der Waals surface area contributed by atoms with Crippen LogP contribution in [-0.2, 0) is 20.9 Å². The van der Waals surface area contributed by atoms with E-state index in [2.05, 4.69) is 27.0 Å². The van der Waals surface area contributed by atoms with E-state index in [1.165, 1.54) is 11.8 Å². The number of para-hydroxylation sites is 2. The van der Waals surface area contributed by atoms with Gasteiger partial charge in [-0.1, -0.05) is 54.2 Å². The molecule has 1 atom stereocenters. The number of hydrogen-bond donors (Lipinski definition) is 1. The fraction of sp³-hybridized carbons (Fsp3) is 0.346. The number of nitrogens with one attached hydrogen (secondary N) is 1. The highest BCUT2D eigenvalue weighted by Crippen LogP contribution is 2.37. The molecule has 0 spiro atoms. The number of nitrogens with zero attached hydrogens (tertiary/aromatic N) is 3. The van der Waals surface area contributed by atoms with Gasteiger partial charge in [-0.15, -0.1) is 0 Å². The van der Waals surface area contributed by atoms with E-state index in [-0.39, 0.29) is 23.7 Å². The maximum Gasteiger partial charge on any atom is 0.250 e. The van der Waals surface area contributed by atoms with Gasteiger partial charge in [-0.2, -0.15) is 0 Å². The van der Waals surface area contributed by atoms with Crippen molar-refractivity contribution >= 4 is 35.0 Å². The molecular weight excluding hydrogens is 448 g/mol. The van der Waals surface area contributed by atoms with Gasteiger partial charge >= 0.3 is 0 Å². The third kappa shape index (κ3) is 4.23. The number of hydrogen-bond acceptors (Lipinski definition) is 5. The number of carbonyl (C=O) groups is 2. The van der Waals surface area contributed by atoms with Crippen molar-refractivity contribution in [3.05, 3.63) is 60.8 Å². The predicted molar refractivity (Wildman–Crippen MR) is 134 cm³/mol. The zero-order valence-electron chi connectivity index (χ0n) is 19.4. The highest BCUT2D eigenvalue weighted by atomic mass is 32.2. The van der Waals surface area contributed by atoms with Crippen LogP contribution in [0.3, 0.4) is 0 Å². The lowest BCUT2D eigenvalue weighted by atomic mass is 9.96. The normalized spacial score (nSPS) is 19.1. The van der Waals surface area contributed by atoms with Crippen molar-refractivity contribution in [2.24, 2.45) is 0 Å². The third-order valence-electron chi connectivity index (χ3n) is 6.38. The number of rotatable bonds is 6. The van der Waals surface area contributed by atoms with E-state index in [9.17, 15) is 9.59 Å². The average Bonchev–Trinajstić information content (AvgIpc) is 3.49. The minimum absolute atomic E-state index is 0.134. The number of aromatic nitrogens is 2. The van der Waals surface area contributed by atoms with E-state index >= 15 is 0 Å². The molecule has 0 aliphatic carbocycles. The van der Waals surface area contributed by atoms with E-state index in [0.717, 1.165) is 35.9 Å². The van der Waals surface area contributed by atoms with Crippen LogP contribution < -0.4 is 10.2 Å². The SMILES string of the molecule is CC1(C)C(=O)Nc2ccccc2N1C(=O)CSc1ncc(-c2ccccc2)n1CC1CCCO1. The highest BCUT2D eigenvalue weighted by Gasteiger charge is 2.43. The first kappa shape index (κ1) is 22.7. The smallest absolute Gasteiger partial charge is 0.250 e. The number of amides is 2. The van der Waals surface area contributed by atoms with Crippen LogP contribution in [-0.4, -0.2) is 45.4 Å². The summed E-state index contributed by atoms with van der Waals surface area (Å²) in [7, 11) is 0. The number of anilines is 2. The fourth-order valence-electron chi connectivity index (χ4n) is 4.57. The first-order valence-electron chi connectivity index (χ1n) is 11.5. The van der Waals surface area contributed by atoms with Gasteiger partial charge in [0.25, 0.3) is 0 Å². The summed E-state index contributed by atoms with van der Waals surface area (Å²) in [5.74, 6) is -0.164. The maximum atomic E-state index is 13.5. The van der Waals surface area contributed by atoms with Crippen molar-refractivity contribution < 1.29 is 14.3 Å². The molecule has 1 saturated heterocycles. The second-order valence-electron chi connectivity index (χ2n) is 9.09. The quantitative estimate of drug-likeness (QED) is 0.527. The molecule has 2 aliphatic heterocycles. The van der Waals surface area contributed by atoms with Crippen molar-refractivity contribution in [1.82, 2.24) is 9.55 Å². The minimum Gasteiger partial charge on any atom is -0.376 e. The fourth-order valence-corrected chi connectivity index (χ4v) is 5.41. The van der Waals surface area contributed by atoms with E-state index in [1.807, 2.05) is 48.7 Å². The summed E-state index contributed by atoms with van der Waals surface area (Å²) in [6.07, 6.45) is 4.09. The van der Waals surface area contributed by atoms with Gasteiger partial charge in [-0.3, -0.25) is 14.5 Å². The van der Waals surface area contributed by atoms with Crippen molar-refractivity contribution in [1.29, 1.82) is 0 Å². The zero-order valence-corrected chi connectivity index (χ0v) is 20.2. The molecule has 0 saturated carbocycles. The molecule has 0 radical (unpaired) electrons. The summed E-state index contributed by atoms with van der Waals surface area (Å²) in [6, 6.07) is 17.5. The molecule has 2 aliphatic rings. The molecule has 5 rings (SSSR count). The minimum atomic E-state index is -0.992. The van der Waals surface area contributed by atoms with Crippen LogP contribution in [0.15, 0.2) is 66.0 Å². The molecule has 1 fully saturated rings. The van der Waals surface area contributed by atoms with Gasteiger partial charge < -0.3 is 14.6 Å². The van der Waals surface area contributed by atoms with E-state index in [4.69, 9.17) is 4.74 Å². The molecular formula is C26H28N4O3S. The van der Waals surface area contributed by atoms with Crippen LogP contribution in [0, 0.1) is 0 Å². The number of fused-ring (bicyclic) bond motifs is 1. The second kappa shape index (κ2) is 9.27. The Morgan fingerprint density at radius 1 is 1.18 bits per heavy atom. The van der Waals surface area contributed by atoms with Crippen LogP contribution in [0.2, 0.25) is 0 Å². The van der Waals surface area contributed by atoms with E-state index in [0.29, 0.717) is 17.9 Å². The predicted octanol–water partition coefficient (Wildman–Crippen LogP) is 4.59. The van der Waals surface area contributed by atoms with Gasteiger partial charge in [0, 0.05) is 6.61 Å². The van der Waals surface area contributed by atoms with Crippen LogP contribution in [0.5, 0.6) is 0 Å². The Morgan fingerprint density at radius 2 is 1.94 bits per heavy atom. The van der Waals surface area contributed by atoms with Crippen molar-refractivity contribution in [3.63, 3.8) is 0 Å². The van der Waals surface area contributed by atoms with Gasteiger partial charge in [0.2, 0.25) is 11.8 Å². The molecule has 1 N–H and O–H groups in total. The Balaban J connectivity index is 1.41. The molecule has 0 bridgehead atoms. The Kier molecular flexibility index (Phi) is 6.18. The van der Waals surface area contributed by atoms with Gasteiger partial charge in [0.1, 0.15) is 5.54 Å². The Labute approximate surface area is 203 Å². The largest absolute Gasteiger partial charge is 0.376 e. The molecule has 3 aromatic rings. The average molecular weight is 477 g/mol. The number of carbonyl (C=O) groups excluding carboxylic acids is 2. The Bertz CT molecular complexity index is 1200. The van der Waals surface area contributed by atoms with Crippen LogP contribution in [0.1, 0.15) is 26.7 Å². The van der Waals surface area contributed by atoms with Crippen LogP contribution in [0.4, 0.5) is 11.4 Å². The van der Waals surface area contributed by atoms with Crippen LogP contribution in [0.25, 0.3) is 11.3 Å². The number of imidazole rings is 1. The molecule has 1 unspecified atom stereocenters. The maximum absolute atomic E-state index is 13.5. The van der Waals surface area contributed by atoms with Gasteiger partial charge in [0.05, 0.1) is 41.7 Å². The first-order valence-corrected chi connectivity index (χ1v) is 12.5. The summed E-state index contributed by atoms with van der Waals surface area (Å²) in [5.41, 5.74) is 2.46.